The smallest absolute Gasteiger partial charge is 0.410 e. The van der Waals surface area contributed by atoms with Gasteiger partial charge in [0.15, 0.2) is 8.32 Å². The van der Waals surface area contributed by atoms with Crippen LogP contribution in [0.3, 0.4) is 0 Å². The van der Waals surface area contributed by atoms with Crippen molar-refractivity contribution in [1.82, 2.24) is 9.88 Å². The van der Waals surface area contributed by atoms with Crippen LogP contribution in [0.15, 0.2) is 47.3 Å². The minimum atomic E-state index is -2.46. The van der Waals surface area contributed by atoms with Gasteiger partial charge in [0.25, 0.3) is 0 Å². The second-order valence-corrected chi connectivity index (χ2v) is 17.6. The van der Waals surface area contributed by atoms with Crippen LogP contribution in [0, 0.1) is 11.3 Å². The van der Waals surface area contributed by atoms with E-state index in [0.717, 1.165) is 0 Å². The van der Waals surface area contributed by atoms with E-state index in [2.05, 4.69) is 38.8 Å². The van der Waals surface area contributed by atoms with Gasteiger partial charge in [0, 0.05) is 18.0 Å². The summed E-state index contributed by atoms with van der Waals surface area (Å²) in [5.74, 6) is -1.31. The summed E-state index contributed by atoms with van der Waals surface area (Å²) in [6.07, 6.45) is -1.32. The van der Waals surface area contributed by atoms with Crippen LogP contribution in [0.1, 0.15) is 74.7 Å². The standard InChI is InChI=1S/C31H39N3O7Si/c1-30(2,3)40-29(39)34(17-19-9-10-21(28(37)38)20(15-19)16-32)18-25(41-42(7,8)31(4,5)6)22-11-13-24(35)27-23(22)12-14-26(36)33-27/h9-15,25,35H,17-18H2,1-8H3,(H,33,36)(H,37,38)/t25-/m0/s1. The molecular formula is C31H39N3O7Si. The van der Waals surface area contributed by atoms with Crippen LogP contribution in [0.25, 0.3) is 10.9 Å². The number of phenolic OH excluding ortho intramolecular Hbond substituents is 1. The van der Waals surface area contributed by atoms with E-state index < -0.39 is 32.1 Å². The van der Waals surface area contributed by atoms with Crippen molar-refractivity contribution in [3.63, 3.8) is 0 Å². The van der Waals surface area contributed by atoms with Crippen LogP contribution in [-0.2, 0) is 15.7 Å². The number of nitrogens with zero attached hydrogens (tertiary/aromatic N) is 2. The van der Waals surface area contributed by atoms with Gasteiger partial charge in [0.05, 0.1) is 29.3 Å². The normalized spacial score (nSPS) is 12.9. The lowest BCUT2D eigenvalue weighted by Crippen LogP contribution is -2.45. The zero-order chi connectivity index (χ0) is 31.6. The second kappa shape index (κ2) is 12.0. The molecule has 0 unspecified atom stereocenters. The number of rotatable bonds is 8. The summed E-state index contributed by atoms with van der Waals surface area (Å²) in [5, 5.41) is 29.9. The van der Waals surface area contributed by atoms with Gasteiger partial charge in [-0.1, -0.05) is 32.9 Å². The highest BCUT2D eigenvalue weighted by Gasteiger charge is 2.41. The van der Waals surface area contributed by atoms with E-state index in [1.807, 2.05) is 6.07 Å². The van der Waals surface area contributed by atoms with Crippen molar-refractivity contribution >= 4 is 31.3 Å². The number of hydrogen-bond acceptors (Lipinski definition) is 7. The van der Waals surface area contributed by atoms with E-state index >= 15 is 0 Å². The fraction of sp³-hybridized carbons (Fsp3) is 0.419. The Bertz CT molecular complexity index is 1590. The zero-order valence-electron chi connectivity index (χ0n) is 25.4. The summed E-state index contributed by atoms with van der Waals surface area (Å²) in [4.78, 5) is 41.4. The highest BCUT2D eigenvalue weighted by molar-refractivity contribution is 6.74. The molecule has 224 valence electrons. The molecule has 0 aliphatic heterocycles. The number of benzene rings is 2. The van der Waals surface area contributed by atoms with Gasteiger partial charge in [0.2, 0.25) is 5.56 Å². The van der Waals surface area contributed by atoms with Gasteiger partial charge in [0.1, 0.15) is 17.4 Å². The summed E-state index contributed by atoms with van der Waals surface area (Å²) in [6, 6.07) is 12.5. The first kappa shape index (κ1) is 32.4. The van der Waals surface area contributed by atoms with Crippen molar-refractivity contribution in [2.45, 2.75) is 77.9 Å². The maximum absolute atomic E-state index is 13.6. The number of aromatic nitrogens is 1. The van der Waals surface area contributed by atoms with Gasteiger partial charge < -0.3 is 29.3 Å². The predicted molar refractivity (Wildman–Crippen MR) is 162 cm³/mol. The van der Waals surface area contributed by atoms with Crippen LogP contribution < -0.4 is 5.56 Å². The fourth-order valence-electron chi connectivity index (χ4n) is 4.19. The molecule has 1 heterocycles. The molecule has 1 atom stereocenters. The van der Waals surface area contributed by atoms with Crippen LogP contribution >= 0.6 is 0 Å². The number of H-pyrrole nitrogens is 1. The van der Waals surface area contributed by atoms with Gasteiger partial charge in [-0.25, -0.2) is 9.59 Å². The Balaban J connectivity index is 2.17. The number of aromatic amines is 1. The highest BCUT2D eigenvalue weighted by atomic mass is 28.4. The number of aromatic hydroxyl groups is 1. The van der Waals surface area contributed by atoms with Crippen LogP contribution in [0.2, 0.25) is 18.1 Å². The molecule has 1 aromatic heterocycles. The van der Waals surface area contributed by atoms with Crippen LogP contribution in [0.4, 0.5) is 4.79 Å². The predicted octanol–water partition coefficient (Wildman–Crippen LogP) is 6.30. The second-order valence-electron chi connectivity index (χ2n) is 12.8. The Hall–Kier alpha value is -4.14. The average Bonchev–Trinajstić information content (AvgIpc) is 2.86. The molecule has 3 rings (SSSR count). The van der Waals surface area contributed by atoms with Crippen LogP contribution in [-0.4, -0.2) is 52.6 Å². The number of nitrogens with one attached hydrogen (secondary N) is 1. The number of nitriles is 1. The van der Waals surface area contributed by atoms with Crippen molar-refractivity contribution in [1.29, 1.82) is 5.26 Å². The van der Waals surface area contributed by atoms with Gasteiger partial charge in [-0.05, 0) is 74.3 Å². The first-order valence-electron chi connectivity index (χ1n) is 13.6. The lowest BCUT2D eigenvalue weighted by molar-refractivity contribution is 0.0137. The highest BCUT2D eigenvalue weighted by Crippen LogP contribution is 2.41. The monoisotopic (exact) mass is 593 g/mol. The number of carboxylic acid groups (broad SMARTS) is 1. The third-order valence-electron chi connectivity index (χ3n) is 7.34. The SMILES string of the molecule is CC(C)(C)OC(=O)N(Cc1ccc(C(=O)O)c(C#N)c1)C[C@H](O[Si](C)(C)C(C)(C)C)c1ccc(O)c2[nH]c(=O)ccc12. The molecule has 42 heavy (non-hydrogen) atoms. The maximum Gasteiger partial charge on any atom is 0.410 e. The first-order valence-corrected chi connectivity index (χ1v) is 16.5. The molecule has 0 radical (unpaired) electrons. The number of pyridine rings is 1. The molecule has 0 aliphatic rings. The van der Waals surface area contributed by atoms with E-state index in [9.17, 15) is 29.9 Å². The van der Waals surface area contributed by atoms with Crippen molar-refractivity contribution in [3.05, 3.63) is 75.1 Å². The number of ether oxygens (including phenoxy) is 1. The number of fused-ring (bicyclic) bond motifs is 1. The molecule has 0 spiro atoms. The molecule has 1 amide bonds. The molecule has 0 aliphatic carbocycles. The summed E-state index contributed by atoms with van der Waals surface area (Å²) >= 11 is 0. The van der Waals surface area contributed by atoms with Crippen LogP contribution in [0.5, 0.6) is 5.75 Å². The third kappa shape index (κ3) is 7.57. The molecule has 0 saturated heterocycles. The zero-order valence-corrected chi connectivity index (χ0v) is 26.4. The number of phenols is 1. The lowest BCUT2D eigenvalue weighted by atomic mass is 10.0. The Morgan fingerprint density at radius 1 is 1.07 bits per heavy atom. The Morgan fingerprint density at radius 2 is 1.74 bits per heavy atom. The summed E-state index contributed by atoms with van der Waals surface area (Å²) in [7, 11) is -2.46. The maximum atomic E-state index is 13.6. The molecule has 10 nitrogen and oxygen atoms in total. The first-order chi connectivity index (χ1) is 19.3. The number of hydrogen-bond donors (Lipinski definition) is 3. The van der Waals surface area contributed by atoms with Crippen molar-refractivity contribution in [2.75, 3.05) is 6.54 Å². The minimum absolute atomic E-state index is 0.00764. The molecule has 3 aromatic rings. The van der Waals surface area contributed by atoms with Gasteiger partial charge in [-0.15, -0.1) is 0 Å². The molecule has 0 bridgehead atoms. The molecule has 3 N–H and O–H groups in total. The van der Waals surface area contributed by atoms with E-state index in [1.54, 1.807) is 39.0 Å². The van der Waals surface area contributed by atoms with E-state index in [-0.39, 0.29) is 46.1 Å². The van der Waals surface area contributed by atoms with Crippen molar-refractivity contribution in [2.24, 2.45) is 0 Å². The van der Waals surface area contributed by atoms with E-state index in [0.29, 0.717) is 16.5 Å². The number of carbonyl (C=O) groups excluding carboxylic acids is 1. The summed E-state index contributed by atoms with van der Waals surface area (Å²) in [5.41, 5.74) is 0.131. The summed E-state index contributed by atoms with van der Waals surface area (Å²) in [6.45, 7) is 15.8. The topological polar surface area (TPSA) is 153 Å². The quantitative estimate of drug-likeness (QED) is 0.257. The van der Waals surface area contributed by atoms with Gasteiger partial charge in [-0.2, -0.15) is 5.26 Å². The van der Waals surface area contributed by atoms with Gasteiger partial charge >= 0.3 is 12.1 Å². The Morgan fingerprint density at radius 3 is 2.31 bits per heavy atom. The number of carbonyl (C=O) groups is 2. The molecule has 0 saturated carbocycles. The number of carboxylic acids is 1. The fourth-order valence-corrected chi connectivity index (χ4v) is 5.46. The molecule has 0 fully saturated rings. The molecule has 2 aromatic carbocycles. The number of amides is 1. The number of aromatic carboxylic acids is 1. The molecular weight excluding hydrogens is 554 g/mol. The lowest BCUT2D eigenvalue weighted by Gasteiger charge is -2.41. The Kier molecular flexibility index (Phi) is 9.24. The minimum Gasteiger partial charge on any atom is -0.506 e. The Labute approximate surface area is 246 Å². The van der Waals surface area contributed by atoms with Crippen molar-refractivity contribution < 1.29 is 29.0 Å². The van der Waals surface area contributed by atoms with Gasteiger partial charge in [-0.3, -0.25) is 4.79 Å². The molecule has 11 heteroatoms. The largest absolute Gasteiger partial charge is 0.506 e. The van der Waals surface area contributed by atoms with Crippen molar-refractivity contribution in [3.8, 4) is 11.8 Å². The summed E-state index contributed by atoms with van der Waals surface area (Å²) < 4.78 is 12.6. The third-order valence-corrected chi connectivity index (χ3v) is 11.8. The average molecular weight is 594 g/mol. The van der Waals surface area contributed by atoms with E-state index in [1.165, 1.54) is 29.2 Å². The van der Waals surface area contributed by atoms with E-state index in [4.69, 9.17) is 9.16 Å².